The maximum absolute atomic E-state index is 13.5. The fourth-order valence-corrected chi connectivity index (χ4v) is 1.70. The van der Waals surface area contributed by atoms with Gasteiger partial charge in [-0.3, -0.25) is 4.98 Å². The fourth-order valence-electron chi connectivity index (χ4n) is 1.70. The van der Waals surface area contributed by atoms with Crippen LogP contribution in [0.4, 0.5) is 10.3 Å². The minimum Gasteiger partial charge on any atom is -0.436 e. The molecule has 0 atom stereocenters. The van der Waals surface area contributed by atoms with Crippen LogP contribution in [0.15, 0.2) is 42.7 Å². The van der Waals surface area contributed by atoms with Crippen molar-refractivity contribution in [2.75, 3.05) is 5.73 Å². The molecule has 5 nitrogen and oxygen atoms in total. The Bertz CT molecular complexity index is 742. The largest absolute Gasteiger partial charge is 0.436 e. The molecule has 0 saturated heterocycles. The van der Waals surface area contributed by atoms with Crippen LogP contribution in [-0.4, -0.2) is 15.0 Å². The van der Waals surface area contributed by atoms with E-state index in [-0.39, 0.29) is 11.8 Å². The number of aromatic nitrogens is 3. The van der Waals surface area contributed by atoms with Crippen molar-refractivity contribution < 1.29 is 9.13 Å². The lowest BCUT2D eigenvalue weighted by atomic mass is 10.2. The number of ether oxygens (including phenoxy) is 1. The maximum atomic E-state index is 13.5. The molecule has 0 radical (unpaired) electrons. The number of hydrogen-bond acceptors (Lipinski definition) is 5. The molecule has 0 amide bonds. The second-order valence-electron chi connectivity index (χ2n) is 3.81. The van der Waals surface area contributed by atoms with Crippen molar-refractivity contribution in [1.82, 2.24) is 15.0 Å². The summed E-state index contributed by atoms with van der Waals surface area (Å²) in [6, 6.07) is 8.93. The Morgan fingerprint density at radius 2 is 2.00 bits per heavy atom. The summed E-state index contributed by atoms with van der Waals surface area (Å²) < 4.78 is 19.0. The van der Waals surface area contributed by atoms with E-state index in [0.717, 1.165) is 17.1 Å². The van der Waals surface area contributed by atoms with Crippen LogP contribution in [0.2, 0.25) is 0 Å². The zero-order valence-electron chi connectivity index (χ0n) is 9.75. The molecule has 2 heterocycles. The van der Waals surface area contributed by atoms with Gasteiger partial charge in [-0.1, -0.05) is 6.07 Å². The first kappa shape index (κ1) is 11.3. The number of nitrogens with zero attached hydrogens (tertiary/aromatic N) is 3. The topological polar surface area (TPSA) is 73.9 Å². The van der Waals surface area contributed by atoms with Crippen molar-refractivity contribution in [2.24, 2.45) is 0 Å². The number of hydrogen-bond donors (Lipinski definition) is 1. The average Bonchev–Trinajstić information content (AvgIpc) is 2.43. The molecule has 0 saturated carbocycles. The van der Waals surface area contributed by atoms with Gasteiger partial charge in [-0.15, -0.1) is 0 Å². The van der Waals surface area contributed by atoms with Crippen molar-refractivity contribution in [3.63, 3.8) is 0 Å². The Labute approximate surface area is 107 Å². The van der Waals surface area contributed by atoms with Gasteiger partial charge in [0.05, 0.1) is 11.7 Å². The summed E-state index contributed by atoms with van der Waals surface area (Å²) in [6.45, 7) is 0. The van der Waals surface area contributed by atoms with Gasteiger partial charge < -0.3 is 10.5 Å². The Hall–Kier alpha value is -2.76. The number of nitrogen functional groups attached to an aromatic ring is 1. The molecule has 2 N–H and O–H groups in total. The average molecular weight is 256 g/mol. The summed E-state index contributed by atoms with van der Waals surface area (Å²) in [6.07, 6.45) is 2.65. The summed E-state index contributed by atoms with van der Waals surface area (Å²) in [5.41, 5.74) is 6.16. The first-order valence-corrected chi connectivity index (χ1v) is 5.53. The van der Waals surface area contributed by atoms with E-state index in [1.165, 1.54) is 0 Å². The van der Waals surface area contributed by atoms with Crippen LogP contribution < -0.4 is 10.5 Å². The quantitative estimate of drug-likeness (QED) is 0.762. The van der Waals surface area contributed by atoms with Crippen LogP contribution in [0.5, 0.6) is 11.6 Å². The van der Waals surface area contributed by atoms with Gasteiger partial charge in [-0.2, -0.15) is 9.37 Å². The zero-order valence-corrected chi connectivity index (χ0v) is 9.75. The van der Waals surface area contributed by atoms with Crippen molar-refractivity contribution in [3.8, 4) is 11.6 Å². The van der Waals surface area contributed by atoms with Crippen molar-refractivity contribution in [1.29, 1.82) is 0 Å². The molecular formula is C13H9FN4O. The van der Waals surface area contributed by atoms with E-state index < -0.39 is 5.82 Å². The SMILES string of the molecule is Nc1ncc(F)c(Oc2cccc3ncccc23)n1. The van der Waals surface area contributed by atoms with Crippen molar-refractivity contribution in [2.45, 2.75) is 0 Å². The van der Waals surface area contributed by atoms with E-state index in [4.69, 9.17) is 10.5 Å². The molecule has 0 fully saturated rings. The van der Waals surface area contributed by atoms with Gasteiger partial charge in [0.2, 0.25) is 11.8 Å². The molecule has 6 heteroatoms. The smallest absolute Gasteiger partial charge is 0.260 e. The second-order valence-corrected chi connectivity index (χ2v) is 3.81. The van der Waals surface area contributed by atoms with Crippen LogP contribution in [0, 0.1) is 5.82 Å². The lowest BCUT2D eigenvalue weighted by Crippen LogP contribution is -1.99. The molecule has 3 rings (SSSR count). The summed E-state index contributed by atoms with van der Waals surface area (Å²) in [4.78, 5) is 11.5. The predicted molar refractivity (Wildman–Crippen MR) is 68.2 cm³/mol. The summed E-state index contributed by atoms with van der Waals surface area (Å²) in [5, 5.41) is 0.765. The Balaban J connectivity index is 2.08. The molecule has 0 aliphatic heterocycles. The van der Waals surface area contributed by atoms with Crippen molar-refractivity contribution >= 4 is 16.9 Å². The third-order valence-electron chi connectivity index (χ3n) is 2.54. The second kappa shape index (κ2) is 4.49. The van der Waals surface area contributed by atoms with Crippen LogP contribution in [0.25, 0.3) is 10.9 Å². The van der Waals surface area contributed by atoms with E-state index >= 15 is 0 Å². The van der Waals surface area contributed by atoms with Crippen LogP contribution >= 0.6 is 0 Å². The van der Waals surface area contributed by atoms with Gasteiger partial charge >= 0.3 is 0 Å². The highest BCUT2D eigenvalue weighted by Gasteiger charge is 2.10. The van der Waals surface area contributed by atoms with Crippen LogP contribution in [-0.2, 0) is 0 Å². The number of pyridine rings is 1. The van der Waals surface area contributed by atoms with Crippen LogP contribution in [0.1, 0.15) is 0 Å². The number of benzene rings is 1. The van der Waals surface area contributed by atoms with E-state index in [2.05, 4.69) is 15.0 Å². The number of nitrogens with two attached hydrogens (primary N) is 1. The molecule has 94 valence electrons. The molecule has 0 spiro atoms. The minimum absolute atomic E-state index is 0.0465. The van der Waals surface area contributed by atoms with Gasteiger partial charge in [-0.05, 0) is 24.3 Å². The molecular weight excluding hydrogens is 247 g/mol. The molecule has 2 aromatic heterocycles. The highest BCUT2D eigenvalue weighted by Crippen LogP contribution is 2.29. The first-order chi connectivity index (χ1) is 9.24. The molecule has 0 unspecified atom stereocenters. The van der Waals surface area contributed by atoms with Gasteiger partial charge in [0.25, 0.3) is 5.88 Å². The molecule has 1 aromatic carbocycles. The molecule has 0 bridgehead atoms. The number of anilines is 1. The molecule has 0 aliphatic carbocycles. The van der Waals surface area contributed by atoms with Gasteiger partial charge in [0.15, 0.2) is 0 Å². The van der Waals surface area contributed by atoms with Crippen molar-refractivity contribution in [3.05, 3.63) is 48.5 Å². The van der Waals surface area contributed by atoms with E-state index in [1.807, 2.05) is 12.1 Å². The molecule has 3 aromatic rings. The Morgan fingerprint density at radius 3 is 2.89 bits per heavy atom. The van der Waals surface area contributed by atoms with E-state index in [9.17, 15) is 4.39 Å². The number of rotatable bonds is 2. The molecule has 0 aliphatic rings. The monoisotopic (exact) mass is 256 g/mol. The summed E-state index contributed by atoms with van der Waals surface area (Å²) in [5.74, 6) is -0.462. The summed E-state index contributed by atoms with van der Waals surface area (Å²) >= 11 is 0. The predicted octanol–water partition coefficient (Wildman–Crippen LogP) is 2.54. The number of halogens is 1. The normalized spacial score (nSPS) is 10.6. The lowest BCUT2D eigenvalue weighted by Gasteiger charge is -2.08. The first-order valence-electron chi connectivity index (χ1n) is 5.53. The fraction of sp³-hybridized carbons (Fsp3) is 0. The summed E-state index contributed by atoms with van der Waals surface area (Å²) in [7, 11) is 0. The number of fused-ring (bicyclic) bond motifs is 1. The standard InChI is InChI=1S/C13H9FN4O/c14-9-7-17-13(15)18-12(9)19-11-5-1-4-10-8(11)3-2-6-16-10/h1-7H,(H2,15,17,18). The third kappa shape index (κ3) is 2.15. The van der Waals surface area contributed by atoms with E-state index in [1.54, 1.807) is 24.4 Å². The van der Waals surface area contributed by atoms with Gasteiger partial charge in [0.1, 0.15) is 5.75 Å². The van der Waals surface area contributed by atoms with Gasteiger partial charge in [0, 0.05) is 11.6 Å². The third-order valence-corrected chi connectivity index (χ3v) is 2.54. The highest BCUT2D eigenvalue weighted by atomic mass is 19.1. The minimum atomic E-state index is -0.671. The lowest BCUT2D eigenvalue weighted by molar-refractivity contribution is 0.425. The highest BCUT2D eigenvalue weighted by molar-refractivity contribution is 5.85. The van der Waals surface area contributed by atoms with Crippen LogP contribution in [0.3, 0.4) is 0 Å². The maximum Gasteiger partial charge on any atom is 0.260 e. The van der Waals surface area contributed by atoms with E-state index in [0.29, 0.717) is 5.75 Å². The van der Waals surface area contributed by atoms with Gasteiger partial charge in [-0.25, -0.2) is 4.98 Å². The zero-order chi connectivity index (χ0) is 13.2. The Morgan fingerprint density at radius 1 is 1.11 bits per heavy atom. The Kier molecular flexibility index (Phi) is 2.68. The molecule has 19 heavy (non-hydrogen) atoms.